The highest BCUT2D eigenvalue weighted by Gasteiger charge is 2.30. The first-order chi connectivity index (χ1) is 9.01. The number of amides is 2. The molecule has 3 N–H and O–H groups in total. The van der Waals surface area contributed by atoms with Crippen molar-refractivity contribution >= 4 is 11.8 Å². The summed E-state index contributed by atoms with van der Waals surface area (Å²) in [6.07, 6.45) is 2.39. The number of hydrogen-bond donors (Lipinski definition) is 2. The maximum absolute atomic E-state index is 12.2. The highest BCUT2D eigenvalue weighted by Crippen LogP contribution is 2.19. The molecule has 0 aromatic rings. The SMILES string of the molecule is CCNC(=O)C1CCN(C(=O)C(N)C(C)CC)CC1. The number of rotatable bonds is 5. The van der Waals surface area contributed by atoms with Gasteiger partial charge in [0.05, 0.1) is 6.04 Å². The maximum Gasteiger partial charge on any atom is 0.239 e. The van der Waals surface area contributed by atoms with Crippen LogP contribution in [0.5, 0.6) is 0 Å². The summed E-state index contributed by atoms with van der Waals surface area (Å²) < 4.78 is 0. The van der Waals surface area contributed by atoms with Crippen LogP contribution in [0.3, 0.4) is 0 Å². The van der Waals surface area contributed by atoms with Gasteiger partial charge in [0.15, 0.2) is 0 Å². The Kier molecular flexibility index (Phi) is 6.28. The Morgan fingerprint density at radius 2 is 1.89 bits per heavy atom. The van der Waals surface area contributed by atoms with E-state index in [0.29, 0.717) is 19.6 Å². The zero-order chi connectivity index (χ0) is 14.4. The summed E-state index contributed by atoms with van der Waals surface area (Å²) in [5, 5.41) is 2.84. The van der Waals surface area contributed by atoms with Crippen LogP contribution in [0, 0.1) is 11.8 Å². The van der Waals surface area contributed by atoms with Gasteiger partial charge in [0.1, 0.15) is 0 Å². The van der Waals surface area contributed by atoms with Crippen molar-refractivity contribution in [3.63, 3.8) is 0 Å². The van der Waals surface area contributed by atoms with Gasteiger partial charge in [-0.05, 0) is 25.7 Å². The Bertz CT molecular complexity index is 312. The van der Waals surface area contributed by atoms with E-state index in [4.69, 9.17) is 5.73 Å². The number of carbonyl (C=O) groups excluding carboxylic acids is 2. The predicted molar refractivity (Wildman–Crippen MR) is 75.4 cm³/mol. The highest BCUT2D eigenvalue weighted by atomic mass is 16.2. The molecule has 1 aliphatic rings. The fourth-order valence-corrected chi connectivity index (χ4v) is 2.39. The van der Waals surface area contributed by atoms with Crippen molar-refractivity contribution in [3.05, 3.63) is 0 Å². The Labute approximate surface area is 115 Å². The first-order valence-corrected chi connectivity index (χ1v) is 7.33. The summed E-state index contributed by atoms with van der Waals surface area (Å²) in [5.74, 6) is 0.391. The topological polar surface area (TPSA) is 75.4 Å². The fraction of sp³-hybridized carbons (Fsp3) is 0.857. The van der Waals surface area contributed by atoms with E-state index in [2.05, 4.69) is 5.32 Å². The van der Waals surface area contributed by atoms with Gasteiger partial charge in [-0.3, -0.25) is 9.59 Å². The lowest BCUT2D eigenvalue weighted by atomic mass is 9.93. The normalized spacial score (nSPS) is 19.9. The van der Waals surface area contributed by atoms with Gasteiger partial charge in [0.2, 0.25) is 11.8 Å². The molecule has 110 valence electrons. The van der Waals surface area contributed by atoms with E-state index in [0.717, 1.165) is 19.3 Å². The van der Waals surface area contributed by atoms with Crippen LogP contribution < -0.4 is 11.1 Å². The molecule has 19 heavy (non-hydrogen) atoms. The number of nitrogens with one attached hydrogen (secondary N) is 1. The summed E-state index contributed by atoms with van der Waals surface area (Å²) in [5.41, 5.74) is 5.97. The van der Waals surface area contributed by atoms with Crippen LogP contribution in [0.2, 0.25) is 0 Å². The van der Waals surface area contributed by atoms with E-state index < -0.39 is 6.04 Å². The summed E-state index contributed by atoms with van der Waals surface area (Å²) in [6.45, 7) is 7.91. The molecule has 2 amide bonds. The Hall–Kier alpha value is -1.10. The smallest absolute Gasteiger partial charge is 0.239 e. The quantitative estimate of drug-likeness (QED) is 0.773. The number of nitrogens with two attached hydrogens (primary N) is 1. The molecular formula is C14H27N3O2. The molecule has 5 nitrogen and oxygen atoms in total. The van der Waals surface area contributed by atoms with E-state index in [1.165, 1.54) is 0 Å². The molecule has 0 aromatic heterocycles. The average Bonchev–Trinajstić information content (AvgIpc) is 2.45. The molecule has 2 atom stereocenters. The Balaban J connectivity index is 2.45. The lowest BCUT2D eigenvalue weighted by Gasteiger charge is -2.34. The number of piperidine rings is 1. The molecular weight excluding hydrogens is 242 g/mol. The lowest BCUT2D eigenvalue weighted by molar-refractivity contribution is -0.137. The van der Waals surface area contributed by atoms with Crippen LogP contribution in [0.15, 0.2) is 0 Å². The van der Waals surface area contributed by atoms with Gasteiger partial charge in [0.25, 0.3) is 0 Å². The van der Waals surface area contributed by atoms with E-state index in [1.54, 1.807) is 0 Å². The van der Waals surface area contributed by atoms with Crippen molar-refractivity contribution in [2.45, 2.75) is 46.1 Å². The third kappa shape index (κ3) is 4.20. The van der Waals surface area contributed by atoms with Gasteiger partial charge in [0, 0.05) is 25.6 Å². The molecule has 1 aliphatic heterocycles. The second kappa shape index (κ2) is 7.48. The standard InChI is InChI=1S/C14H27N3O2/c1-4-10(3)12(15)14(19)17-8-6-11(7-9-17)13(18)16-5-2/h10-12H,4-9,15H2,1-3H3,(H,16,18). The molecule has 0 bridgehead atoms. The Morgan fingerprint density at radius 3 is 2.37 bits per heavy atom. The molecule has 0 saturated carbocycles. The molecule has 0 aliphatic carbocycles. The average molecular weight is 269 g/mol. The van der Waals surface area contributed by atoms with Crippen molar-refractivity contribution in [2.75, 3.05) is 19.6 Å². The van der Waals surface area contributed by atoms with Crippen LogP contribution >= 0.6 is 0 Å². The zero-order valence-corrected chi connectivity index (χ0v) is 12.3. The van der Waals surface area contributed by atoms with E-state index in [1.807, 2.05) is 25.7 Å². The monoisotopic (exact) mass is 269 g/mol. The van der Waals surface area contributed by atoms with Crippen molar-refractivity contribution in [1.29, 1.82) is 0 Å². The van der Waals surface area contributed by atoms with Crippen LogP contribution in [-0.2, 0) is 9.59 Å². The number of carbonyl (C=O) groups is 2. The molecule has 0 spiro atoms. The molecule has 1 heterocycles. The second-order valence-electron chi connectivity index (χ2n) is 5.41. The molecule has 0 aromatic carbocycles. The summed E-state index contributed by atoms with van der Waals surface area (Å²) >= 11 is 0. The van der Waals surface area contributed by atoms with E-state index >= 15 is 0 Å². The van der Waals surface area contributed by atoms with Crippen molar-refractivity contribution < 1.29 is 9.59 Å². The minimum atomic E-state index is -0.411. The largest absolute Gasteiger partial charge is 0.356 e. The molecule has 0 radical (unpaired) electrons. The summed E-state index contributed by atoms with van der Waals surface area (Å²) in [7, 11) is 0. The van der Waals surface area contributed by atoms with Gasteiger partial charge in [-0.15, -0.1) is 0 Å². The van der Waals surface area contributed by atoms with Gasteiger partial charge < -0.3 is 16.0 Å². The van der Waals surface area contributed by atoms with Crippen molar-refractivity contribution in [1.82, 2.24) is 10.2 Å². The number of likely N-dealkylation sites (tertiary alicyclic amines) is 1. The van der Waals surface area contributed by atoms with Crippen LogP contribution in [-0.4, -0.2) is 42.4 Å². The van der Waals surface area contributed by atoms with Crippen molar-refractivity contribution in [3.8, 4) is 0 Å². The van der Waals surface area contributed by atoms with Crippen molar-refractivity contribution in [2.24, 2.45) is 17.6 Å². The minimum absolute atomic E-state index is 0.0312. The van der Waals surface area contributed by atoms with Gasteiger partial charge in [-0.2, -0.15) is 0 Å². The predicted octanol–water partition coefficient (Wildman–Crippen LogP) is 0.735. The zero-order valence-electron chi connectivity index (χ0n) is 12.3. The molecule has 2 unspecified atom stereocenters. The summed E-state index contributed by atoms with van der Waals surface area (Å²) in [4.78, 5) is 25.7. The van der Waals surface area contributed by atoms with Gasteiger partial charge in [-0.25, -0.2) is 0 Å². The number of nitrogens with zero attached hydrogens (tertiary/aromatic N) is 1. The minimum Gasteiger partial charge on any atom is -0.356 e. The molecule has 1 rings (SSSR count). The fourth-order valence-electron chi connectivity index (χ4n) is 2.39. The Morgan fingerprint density at radius 1 is 1.32 bits per heavy atom. The molecule has 1 saturated heterocycles. The van der Waals surface area contributed by atoms with Crippen LogP contribution in [0.25, 0.3) is 0 Å². The highest BCUT2D eigenvalue weighted by molar-refractivity contribution is 5.83. The number of hydrogen-bond acceptors (Lipinski definition) is 3. The third-order valence-electron chi connectivity index (χ3n) is 4.07. The summed E-state index contributed by atoms with van der Waals surface area (Å²) in [6, 6.07) is -0.411. The first-order valence-electron chi connectivity index (χ1n) is 7.33. The van der Waals surface area contributed by atoms with E-state index in [9.17, 15) is 9.59 Å². The third-order valence-corrected chi connectivity index (χ3v) is 4.07. The lowest BCUT2D eigenvalue weighted by Crippen LogP contribution is -2.50. The molecule has 1 fully saturated rings. The van der Waals surface area contributed by atoms with Gasteiger partial charge in [-0.1, -0.05) is 20.3 Å². The van der Waals surface area contributed by atoms with Gasteiger partial charge >= 0.3 is 0 Å². The van der Waals surface area contributed by atoms with Crippen LogP contribution in [0.1, 0.15) is 40.0 Å². The molecule has 5 heteroatoms. The van der Waals surface area contributed by atoms with Crippen LogP contribution in [0.4, 0.5) is 0 Å². The van der Waals surface area contributed by atoms with E-state index in [-0.39, 0.29) is 23.7 Å². The second-order valence-corrected chi connectivity index (χ2v) is 5.41. The first kappa shape index (κ1) is 16.0. The maximum atomic E-state index is 12.2.